The zero-order chi connectivity index (χ0) is 18.7. The number of fused-ring (bicyclic) bond motifs is 1. The Labute approximate surface area is 156 Å². The molecule has 1 unspecified atom stereocenters. The van der Waals surface area contributed by atoms with Gasteiger partial charge in [0.1, 0.15) is 5.75 Å². The van der Waals surface area contributed by atoms with Crippen molar-refractivity contribution in [2.24, 2.45) is 0 Å². The first kappa shape index (κ1) is 18.0. The zero-order valence-corrected chi connectivity index (χ0v) is 15.2. The van der Waals surface area contributed by atoms with Crippen molar-refractivity contribution in [1.82, 2.24) is 4.57 Å². The first-order valence-electron chi connectivity index (χ1n) is 8.20. The van der Waals surface area contributed by atoms with Crippen LogP contribution in [0.2, 0.25) is 5.02 Å². The molecule has 0 amide bonds. The molecular formula is C20H18ClNO4. The normalized spacial score (nSPS) is 12.0. The van der Waals surface area contributed by atoms with Crippen molar-refractivity contribution >= 4 is 34.4 Å². The Bertz CT molecular complexity index is 963. The zero-order valence-electron chi connectivity index (χ0n) is 14.4. The fourth-order valence-electron chi connectivity index (χ4n) is 2.80. The van der Waals surface area contributed by atoms with Gasteiger partial charge in [-0.3, -0.25) is 9.36 Å². The summed E-state index contributed by atoms with van der Waals surface area (Å²) in [6, 6.07) is 14.1. The van der Waals surface area contributed by atoms with Gasteiger partial charge in [-0.1, -0.05) is 42.8 Å². The number of halogens is 1. The van der Waals surface area contributed by atoms with Gasteiger partial charge in [0.2, 0.25) is 0 Å². The van der Waals surface area contributed by atoms with E-state index in [0.29, 0.717) is 33.7 Å². The lowest BCUT2D eigenvalue weighted by atomic mass is 10.2. The van der Waals surface area contributed by atoms with Crippen LogP contribution in [-0.2, 0) is 4.74 Å². The van der Waals surface area contributed by atoms with Gasteiger partial charge in [-0.15, -0.1) is 0 Å². The maximum atomic E-state index is 13.1. The number of rotatable bonds is 5. The fourth-order valence-corrected chi connectivity index (χ4v) is 2.98. The third-order valence-electron chi connectivity index (χ3n) is 4.08. The lowest BCUT2D eigenvalue weighted by Gasteiger charge is -2.17. The van der Waals surface area contributed by atoms with Gasteiger partial charge < -0.3 is 9.47 Å². The number of aromatic nitrogens is 1. The van der Waals surface area contributed by atoms with Crippen LogP contribution in [0.25, 0.3) is 10.9 Å². The molecular weight excluding hydrogens is 354 g/mol. The van der Waals surface area contributed by atoms with Gasteiger partial charge in [-0.25, -0.2) is 4.79 Å². The number of methoxy groups -OCH3 is 1. The van der Waals surface area contributed by atoms with Crippen LogP contribution in [0.3, 0.4) is 0 Å². The summed E-state index contributed by atoms with van der Waals surface area (Å²) in [6.07, 6.45) is 1.25. The van der Waals surface area contributed by atoms with E-state index in [1.165, 1.54) is 17.9 Å². The second-order valence-corrected chi connectivity index (χ2v) is 6.17. The quantitative estimate of drug-likeness (QED) is 0.616. The average Bonchev–Trinajstić information content (AvgIpc) is 3.05. The minimum atomic E-state index is -0.713. The molecule has 0 spiro atoms. The molecule has 26 heavy (non-hydrogen) atoms. The first-order chi connectivity index (χ1) is 12.5. The van der Waals surface area contributed by atoms with Crippen molar-refractivity contribution < 1.29 is 19.1 Å². The largest absolute Gasteiger partial charge is 0.481 e. The Morgan fingerprint density at radius 2 is 1.92 bits per heavy atom. The highest BCUT2D eigenvalue weighted by molar-refractivity contribution is 6.30. The van der Waals surface area contributed by atoms with E-state index in [-0.39, 0.29) is 5.91 Å². The molecule has 1 atom stereocenters. The van der Waals surface area contributed by atoms with Crippen molar-refractivity contribution in [3.8, 4) is 5.75 Å². The maximum Gasteiger partial charge on any atom is 0.340 e. The van der Waals surface area contributed by atoms with Gasteiger partial charge in [0, 0.05) is 16.6 Å². The third-order valence-corrected chi connectivity index (χ3v) is 4.31. The van der Waals surface area contributed by atoms with Gasteiger partial charge in [0.15, 0.2) is 6.10 Å². The smallest absolute Gasteiger partial charge is 0.340 e. The van der Waals surface area contributed by atoms with E-state index in [1.807, 2.05) is 19.1 Å². The molecule has 134 valence electrons. The number of carbonyl (C=O) groups excluding carboxylic acids is 2. The first-order valence-corrected chi connectivity index (χ1v) is 8.57. The number of carbonyl (C=O) groups is 2. The second-order valence-electron chi connectivity index (χ2n) is 5.73. The van der Waals surface area contributed by atoms with Crippen LogP contribution >= 0.6 is 11.6 Å². The fraction of sp³-hybridized carbons (Fsp3) is 0.200. The number of nitrogens with zero attached hydrogens (tertiary/aromatic N) is 1. The van der Waals surface area contributed by atoms with Crippen LogP contribution in [0.4, 0.5) is 0 Å². The Balaban J connectivity index is 1.99. The van der Waals surface area contributed by atoms with Crippen molar-refractivity contribution in [3.63, 3.8) is 0 Å². The Hall–Kier alpha value is -2.79. The molecule has 2 aromatic carbocycles. The molecule has 1 aromatic heterocycles. The van der Waals surface area contributed by atoms with Gasteiger partial charge in [0.25, 0.3) is 5.91 Å². The number of hydrogen-bond acceptors (Lipinski definition) is 4. The lowest BCUT2D eigenvalue weighted by molar-refractivity contribution is 0.0602. The number of hydrogen-bond donors (Lipinski definition) is 0. The van der Waals surface area contributed by atoms with Crippen LogP contribution in [0, 0.1) is 0 Å². The third kappa shape index (κ3) is 3.44. The van der Waals surface area contributed by atoms with E-state index < -0.39 is 12.1 Å². The van der Waals surface area contributed by atoms with E-state index in [0.717, 1.165) is 0 Å². The minimum Gasteiger partial charge on any atom is -0.481 e. The predicted octanol–water partition coefficient (Wildman–Crippen LogP) is 4.58. The number of esters is 1. The molecule has 3 aromatic rings. The molecule has 5 nitrogen and oxygen atoms in total. The summed E-state index contributed by atoms with van der Waals surface area (Å²) in [5.74, 6) is -0.238. The van der Waals surface area contributed by atoms with Crippen molar-refractivity contribution in [3.05, 3.63) is 65.3 Å². The minimum absolute atomic E-state index is 0.265. The summed E-state index contributed by atoms with van der Waals surface area (Å²) in [4.78, 5) is 25.1. The van der Waals surface area contributed by atoms with Crippen LogP contribution in [0.5, 0.6) is 5.75 Å². The monoisotopic (exact) mass is 371 g/mol. The van der Waals surface area contributed by atoms with E-state index >= 15 is 0 Å². The molecule has 0 fully saturated rings. The van der Waals surface area contributed by atoms with Crippen LogP contribution in [-0.4, -0.2) is 29.7 Å². The maximum absolute atomic E-state index is 13.1. The average molecular weight is 372 g/mol. The molecule has 0 aliphatic rings. The van der Waals surface area contributed by atoms with Gasteiger partial charge >= 0.3 is 5.97 Å². The summed E-state index contributed by atoms with van der Waals surface area (Å²) in [5.41, 5.74) is 0.972. The molecule has 0 bridgehead atoms. The van der Waals surface area contributed by atoms with Gasteiger partial charge in [-0.05, 0) is 30.7 Å². The SMILES string of the molecule is CCC(Oc1cccc(Cl)c1)C(=O)n1cc(C(=O)OC)c2ccccc21. The topological polar surface area (TPSA) is 57.5 Å². The Morgan fingerprint density at radius 1 is 1.15 bits per heavy atom. The summed E-state index contributed by atoms with van der Waals surface area (Å²) in [6.45, 7) is 1.86. The molecule has 0 aliphatic carbocycles. The number of para-hydroxylation sites is 1. The summed E-state index contributed by atoms with van der Waals surface area (Å²) in [7, 11) is 1.31. The summed E-state index contributed by atoms with van der Waals surface area (Å²) >= 11 is 5.98. The van der Waals surface area contributed by atoms with Gasteiger partial charge in [-0.2, -0.15) is 0 Å². The summed E-state index contributed by atoms with van der Waals surface area (Å²) in [5, 5.41) is 1.19. The second kappa shape index (κ2) is 7.62. The van der Waals surface area contributed by atoms with E-state index in [9.17, 15) is 9.59 Å². The number of ether oxygens (including phenoxy) is 2. The van der Waals surface area contributed by atoms with Crippen LogP contribution in [0.15, 0.2) is 54.7 Å². The molecule has 3 rings (SSSR count). The van der Waals surface area contributed by atoms with Crippen molar-refractivity contribution in [2.75, 3.05) is 7.11 Å². The molecule has 1 heterocycles. The highest BCUT2D eigenvalue weighted by atomic mass is 35.5. The standard InChI is InChI=1S/C20H18ClNO4/c1-3-18(26-14-8-6-7-13(21)11-14)19(23)22-12-16(20(24)25-2)15-9-4-5-10-17(15)22/h4-12,18H,3H2,1-2H3. The molecule has 0 aliphatic heterocycles. The molecule has 0 N–H and O–H groups in total. The van der Waals surface area contributed by atoms with Gasteiger partial charge in [0.05, 0.1) is 18.2 Å². The number of benzene rings is 2. The highest BCUT2D eigenvalue weighted by Gasteiger charge is 2.25. The van der Waals surface area contributed by atoms with Crippen LogP contribution < -0.4 is 4.74 Å². The highest BCUT2D eigenvalue weighted by Crippen LogP contribution is 2.24. The van der Waals surface area contributed by atoms with E-state index in [4.69, 9.17) is 21.1 Å². The Morgan fingerprint density at radius 3 is 2.62 bits per heavy atom. The molecule has 0 radical (unpaired) electrons. The molecule has 0 saturated heterocycles. The summed E-state index contributed by atoms with van der Waals surface area (Å²) < 4.78 is 12.1. The predicted molar refractivity (Wildman–Crippen MR) is 100 cm³/mol. The van der Waals surface area contributed by atoms with Crippen molar-refractivity contribution in [1.29, 1.82) is 0 Å². The van der Waals surface area contributed by atoms with Crippen LogP contribution in [0.1, 0.15) is 28.5 Å². The van der Waals surface area contributed by atoms with E-state index in [2.05, 4.69) is 0 Å². The molecule has 6 heteroatoms. The van der Waals surface area contributed by atoms with Crippen molar-refractivity contribution in [2.45, 2.75) is 19.4 Å². The van der Waals surface area contributed by atoms with E-state index in [1.54, 1.807) is 36.4 Å². The Kier molecular flexibility index (Phi) is 5.28. The lowest BCUT2D eigenvalue weighted by Crippen LogP contribution is -2.31. The molecule has 0 saturated carbocycles.